The van der Waals surface area contributed by atoms with Gasteiger partial charge in [0, 0.05) is 17.4 Å². The van der Waals surface area contributed by atoms with Gasteiger partial charge in [0.1, 0.15) is 11.9 Å². The molecule has 7 atom stereocenters. The number of carbonyl (C=O) groups excluding carboxylic acids is 2. The quantitative estimate of drug-likeness (QED) is 0.318. The molecule has 4 aliphatic carbocycles. The van der Waals surface area contributed by atoms with Crippen LogP contribution in [-0.4, -0.2) is 17.9 Å². The van der Waals surface area contributed by atoms with E-state index in [-0.39, 0.29) is 28.3 Å². The fourth-order valence-electron chi connectivity index (χ4n) is 9.88. The van der Waals surface area contributed by atoms with Crippen molar-refractivity contribution in [1.29, 1.82) is 0 Å². The van der Waals surface area contributed by atoms with Gasteiger partial charge < -0.3 is 4.74 Å². The first kappa shape index (κ1) is 24.3. The number of esters is 1. The third-order valence-corrected chi connectivity index (χ3v) is 12.5. The highest BCUT2D eigenvalue weighted by Crippen LogP contribution is 2.72. The minimum Gasteiger partial charge on any atom is -0.454 e. The van der Waals surface area contributed by atoms with Gasteiger partial charge in [0.15, 0.2) is 0 Å². The standard InChI is InChI=1S/C31H46O3/c1-18(17-24-19(2)20(3)27(33)34-24)21-11-15-31(8)23-9-10-25-28(4,5)26(32)13-14-29(25,6)22(23)12-16-30(21,31)7/h18,21,24-25H,9-17H2,1-8H3. The molecular formula is C31H46O3. The van der Waals surface area contributed by atoms with E-state index in [1.165, 1.54) is 38.5 Å². The molecule has 0 aromatic carbocycles. The summed E-state index contributed by atoms with van der Waals surface area (Å²) >= 11 is 0. The zero-order chi connectivity index (χ0) is 24.8. The van der Waals surface area contributed by atoms with Gasteiger partial charge >= 0.3 is 5.97 Å². The number of carbonyl (C=O) groups is 2. The van der Waals surface area contributed by atoms with Crippen molar-refractivity contribution in [1.82, 2.24) is 0 Å². The molecule has 3 heteroatoms. The largest absolute Gasteiger partial charge is 0.454 e. The number of ketones is 1. The molecule has 34 heavy (non-hydrogen) atoms. The van der Waals surface area contributed by atoms with Crippen molar-refractivity contribution in [3.05, 3.63) is 22.3 Å². The zero-order valence-electron chi connectivity index (χ0n) is 22.9. The summed E-state index contributed by atoms with van der Waals surface area (Å²) in [5, 5.41) is 0. The van der Waals surface area contributed by atoms with Gasteiger partial charge in [-0.2, -0.15) is 0 Å². The van der Waals surface area contributed by atoms with Crippen molar-refractivity contribution < 1.29 is 14.3 Å². The zero-order valence-corrected chi connectivity index (χ0v) is 22.9. The van der Waals surface area contributed by atoms with Gasteiger partial charge in [0.25, 0.3) is 0 Å². The van der Waals surface area contributed by atoms with Gasteiger partial charge in [-0.3, -0.25) is 4.79 Å². The van der Waals surface area contributed by atoms with Gasteiger partial charge in [0.05, 0.1) is 0 Å². The average molecular weight is 467 g/mol. The van der Waals surface area contributed by atoms with Crippen LogP contribution in [0.1, 0.15) is 113 Å². The summed E-state index contributed by atoms with van der Waals surface area (Å²) in [5.74, 6) is 2.04. The highest BCUT2D eigenvalue weighted by Gasteiger charge is 2.63. The maximum Gasteiger partial charge on any atom is 0.334 e. The Kier molecular flexibility index (Phi) is 5.41. The molecule has 1 heterocycles. The van der Waals surface area contributed by atoms with Crippen LogP contribution in [0.4, 0.5) is 0 Å². The molecule has 0 aromatic rings. The Hall–Kier alpha value is -1.38. The van der Waals surface area contributed by atoms with Crippen molar-refractivity contribution >= 4 is 11.8 Å². The third-order valence-electron chi connectivity index (χ3n) is 12.5. The van der Waals surface area contributed by atoms with E-state index in [0.717, 1.165) is 30.4 Å². The lowest BCUT2D eigenvalue weighted by atomic mass is 9.43. The maximum atomic E-state index is 12.8. The lowest BCUT2D eigenvalue weighted by Gasteiger charge is -2.61. The molecule has 188 valence electrons. The minimum atomic E-state index is -0.192. The molecular weight excluding hydrogens is 420 g/mol. The van der Waals surface area contributed by atoms with Crippen molar-refractivity contribution in [2.24, 2.45) is 39.4 Å². The second-order valence-electron chi connectivity index (χ2n) is 13.9. The van der Waals surface area contributed by atoms with Crippen molar-refractivity contribution in [2.75, 3.05) is 0 Å². The van der Waals surface area contributed by atoms with Gasteiger partial charge in [-0.05, 0) is 105 Å². The lowest BCUT2D eigenvalue weighted by Crippen LogP contribution is -2.54. The van der Waals surface area contributed by atoms with E-state index in [0.29, 0.717) is 29.0 Å². The van der Waals surface area contributed by atoms with Gasteiger partial charge in [-0.15, -0.1) is 0 Å². The van der Waals surface area contributed by atoms with Crippen LogP contribution in [0.2, 0.25) is 0 Å². The van der Waals surface area contributed by atoms with Crippen LogP contribution in [0.25, 0.3) is 0 Å². The van der Waals surface area contributed by atoms with Crippen molar-refractivity contribution in [3.63, 3.8) is 0 Å². The van der Waals surface area contributed by atoms with Crippen LogP contribution < -0.4 is 0 Å². The maximum absolute atomic E-state index is 12.8. The second-order valence-corrected chi connectivity index (χ2v) is 13.9. The smallest absolute Gasteiger partial charge is 0.334 e. The van der Waals surface area contributed by atoms with Crippen LogP contribution in [0, 0.1) is 39.4 Å². The predicted molar refractivity (Wildman–Crippen MR) is 136 cm³/mol. The Balaban J connectivity index is 1.44. The summed E-state index contributed by atoms with van der Waals surface area (Å²) < 4.78 is 5.75. The number of Topliss-reactive ketones (excluding diaryl/α,β-unsaturated/α-hetero) is 1. The summed E-state index contributed by atoms with van der Waals surface area (Å²) in [7, 11) is 0. The fraction of sp³-hybridized carbons (Fsp3) is 0.806. The SMILES string of the molecule is CC1=C(C)C(CC(C)C2CCC3(C)C4=C(CCC23C)C2(C)CCC(=O)C(C)(C)C2CC4)OC1=O. The molecule has 3 nitrogen and oxygen atoms in total. The van der Waals surface area contributed by atoms with E-state index in [2.05, 4.69) is 48.5 Å². The summed E-state index contributed by atoms with van der Waals surface area (Å²) in [6.45, 7) is 18.5. The van der Waals surface area contributed by atoms with Crippen LogP contribution >= 0.6 is 0 Å². The molecule has 0 aromatic heterocycles. The summed E-state index contributed by atoms with van der Waals surface area (Å²) in [6.07, 6.45) is 10.1. The molecule has 1 aliphatic heterocycles. The molecule has 0 N–H and O–H groups in total. The number of rotatable bonds is 3. The normalized spacial score (nSPS) is 44.5. The minimum absolute atomic E-state index is 0.0346. The first-order chi connectivity index (χ1) is 15.8. The van der Waals surface area contributed by atoms with E-state index < -0.39 is 0 Å². The first-order valence-electron chi connectivity index (χ1n) is 13.9. The lowest BCUT2D eigenvalue weighted by molar-refractivity contribution is -0.141. The van der Waals surface area contributed by atoms with E-state index in [9.17, 15) is 9.59 Å². The molecule has 0 spiro atoms. The second kappa shape index (κ2) is 7.56. The Bertz CT molecular complexity index is 998. The molecule has 5 rings (SSSR count). The predicted octanol–water partition coefficient (Wildman–Crippen LogP) is 7.59. The molecule has 7 unspecified atom stereocenters. The first-order valence-corrected chi connectivity index (χ1v) is 13.9. The van der Waals surface area contributed by atoms with E-state index in [4.69, 9.17) is 4.74 Å². The number of cyclic esters (lactones) is 1. The molecule has 0 bridgehead atoms. The molecule has 0 saturated heterocycles. The molecule has 0 amide bonds. The average Bonchev–Trinajstić information content (AvgIpc) is 3.18. The highest BCUT2D eigenvalue weighted by atomic mass is 16.5. The Morgan fingerprint density at radius 3 is 2.26 bits per heavy atom. The molecule has 0 radical (unpaired) electrons. The Morgan fingerprint density at radius 2 is 1.62 bits per heavy atom. The van der Waals surface area contributed by atoms with Crippen LogP contribution in [-0.2, 0) is 14.3 Å². The summed E-state index contributed by atoms with van der Waals surface area (Å²) in [6, 6.07) is 0. The topological polar surface area (TPSA) is 43.4 Å². The van der Waals surface area contributed by atoms with Crippen LogP contribution in [0.15, 0.2) is 22.3 Å². The van der Waals surface area contributed by atoms with Gasteiger partial charge in [0.2, 0.25) is 0 Å². The number of hydrogen-bond acceptors (Lipinski definition) is 3. The van der Waals surface area contributed by atoms with E-state index in [1.807, 2.05) is 6.92 Å². The fourth-order valence-corrected chi connectivity index (χ4v) is 9.88. The number of ether oxygens (including phenoxy) is 1. The van der Waals surface area contributed by atoms with E-state index in [1.54, 1.807) is 11.1 Å². The summed E-state index contributed by atoms with van der Waals surface area (Å²) in [4.78, 5) is 24.9. The number of allylic oxidation sites excluding steroid dienone is 2. The van der Waals surface area contributed by atoms with Crippen LogP contribution in [0.3, 0.4) is 0 Å². The number of hydrogen-bond donors (Lipinski definition) is 0. The van der Waals surface area contributed by atoms with Gasteiger partial charge in [-0.25, -0.2) is 4.79 Å². The third kappa shape index (κ3) is 3.00. The van der Waals surface area contributed by atoms with Crippen LogP contribution in [0.5, 0.6) is 0 Å². The van der Waals surface area contributed by atoms with Gasteiger partial charge in [-0.1, -0.05) is 52.7 Å². The Morgan fingerprint density at radius 1 is 0.912 bits per heavy atom. The monoisotopic (exact) mass is 466 g/mol. The Labute approximate surface area is 207 Å². The number of fused-ring (bicyclic) bond motifs is 4. The van der Waals surface area contributed by atoms with E-state index >= 15 is 0 Å². The van der Waals surface area contributed by atoms with Crippen molar-refractivity contribution in [3.8, 4) is 0 Å². The highest BCUT2D eigenvalue weighted by molar-refractivity contribution is 5.91. The van der Waals surface area contributed by atoms with Crippen molar-refractivity contribution in [2.45, 2.75) is 119 Å². The summed E-state index contributed by atoms with van der Waals surface area (Å²) in [5.41, 5.74) is 6.02. The molecule has 2 saturated carbocycles. The molecule has 2 fully saturated rings. The molecule has 5 aliphatic rings.